The van der Waals surface area contributed by atoms with Gasteiger partial charge in [-0.25, -0.2) is 0 Å². The van der Waals surface area contributed by atoms with Crippen LogP contribution in [0.2, 0.25) is 0 Å². The third kappa shape index (κ3) is 3.61. The summed E-state index contributed by atoms with van der Waals surface area (Å²) in [7, 11) is 0. The van der Waals surface area contributed by atoms with Crippen molar-refractivity contribution in [1.29, 1.82) is 0 Å². The normalized spacial score (nSPS) is 11.8. The standard InChI is InChI=1S/C25H18F3N3/c26-25(27,28)22-13-7-12-21-23(22)29-31(24(21)19-9-2-1-3-10-19)17-18-8-6-11-20(16-18)30-14-4-5-15-30/h1-16H,17H2. The van der Waals surface area contributed by atoms with E-state index >= 15 is 0 Å². The van der Waals surface area contributed by atoms with Crippen molar-refractivity contribution in [2.45, 2.75) is 12.7 Å². The zero-order valence-electron chi connectivity index (χ0n) is 16.4. The molecule has 2 aromatic heterocycles. The molecular weight excluding hydrogens is 399 g/mol. The van der Waals surface area contributed by atoms with Crippen LogP contribution in [-0.2, 0) is 12.7 Å². The van der Waals surface area contributed by atoms with Crippen molar-refractivity contribution in [3.05, 3.63) is 108 Å². The monoisotopic (exact) mass is 417 g/mol. The lowest BCUT2D eigenvalue weighted by molar-refractivity contribution is -0.136. The molecule has 3 aromatic carbocycles. The van der Waals surface area contributed by atoms with Gasteiger partial charge in [-0.1, -0.05) is 54.6 Å². The van der Waals surface area contributed by atoms with E-state index in [1.54, 1.807) is 10.7 Å². The van der Waals surface area contributed by atoms with Crippen molar-refractivity contribution in [1.82, 2.24) is 14.3 Å². The number of hydrogen-bond acceptors (Lipinski definition) is 1. The minimum atomic E-state index is -4.47. The second kappa shape index (κ2) is 7.47. The van der Waals surface area contributed by atoms with Crippen LogP contribution in [0.5, 0.6) is 0 Å². The van der Waals surface area contributed by atoms with Gasteiger partial charge in [0, 0.05) is 29.0 Å². The van der Waals surface area contributed by atoms with Gasteiger partial charge in [-0.05, 0) is 35.9 Å². The largest absolute Gasteiger partial charge is 0.418 e. The van der Waals surface area contributed by atoms with E-state index in [1.807, 2.05) is 83.7 Å². The zero-order valence-corrected chi connectivity index (χ0v) is 16.4. The molecular formula is C25H18F3N3. The molecule has 0 amide bonds. The van der Waals surface area contributed by atoms with Crippen LogP contribution in [-0.4, -0.2) is 14.3 Å². The third-order valence-electron chi connectivity index (χ3n) is 5.27. The lowest BCUT2D eigenvalue weighted by atomic mass is 10.0. The van der Waals surface area contributed by atoms with Gasteiger partial charge in [-0.15, -0.1) is 0 Å². The van der Waals surface area contributed by atoms with E-state index in [0.29, 0.717) is 17.6 Å². The Morgan fingerprint density at radius 3 is 2.26 bits per heavy atom. The molecule has 5 aromatic rings. The van der Waals surface area contributed by atoms with Crippen LogP contribution in [0.25, 0.3) is 27.8 Å². The van der Waals surface area contributed by atoms with E-state index in [-0.39, 0.29) is 5.52 Å². The first-order valence-corrected chi connectivity index (χ1v) is 9.85. The van der Waals surface area contributed by atoms with Crippen molar-refractivity contribution >= 4 is 10.9 Å². The summed E-state index contributed by atoms with van der Waals surface area (Å²) in [5, 5.41) is 4.92. The molecule has 5 rings (SSSR count). The minimum Gasteiger partial charge on any atom is -0.324 e. The number of rotatable bonds is 4. The Morgan fingerprint density at radius 1 is 0.774 bits per heavy atom. The van der Waals surface area contributed by atoms with Crippen molar-refractivity contribution in [2.75, 3.05) is 0 Å². The zero-order chi connectivity index (χ0) is 21.4. The maximum absolute atomic E-state index is 13.6. The maximum atomic E-state index is 13.6. The van der Waals surface area contributed by atoms with Gasteiger partial charge in [-0.2, -0.15) is 18.3 Å². The van der Waals surface area contributed by atoms with Crippen LogP contribution >= 0.6 is 0 Å². The molecule has 0 aliphatic carbocycles. The Balaban J connectivity index is 1.67. The van der Waals surface area contributed by atoms with Crippen LogP contribution in [0.4, 0.5) is 13.2 Å². The van der Waals surface area contributed by atoms with E-state index in [9.17, 15) is 13.2 Å². The highest BCUT2D eigenvalue weighted by Gasteiger charge is 2.34. The van der Waals surface area contributed by atoms with Gasteiger partial charge in [0.1, 0.15) is 5.52 Å². The summed E-state index contributed by atoms with van der Waals surface area (Å²) in [4.78, 5) is 0. The van der Waals surface area contributed by atoms with E-state index in [0.717, 1.165) is 22.9 Å². The van der Waals surface area contributed by atoms with E-state index in [4.69, 9.17) is 0 Å². The predicted molar refractivity (Wildman–Crippen MR) is 115 cm³/mol. The molecule has 31 heavy (non-hydrogen) atoms. The molecule has 0 fully saturated rings. The molecule has 0 aliphatic rings. The quantitative estimate of drug-likeness (QED) is 0.325. The number of aromatic nitrogens is 3. The van der Waals surface area contributed by atoms with E-state index in [2.05, 4.69) is 5.10 Å². The number of alkyl halides is 3. The molecule has 0 radical (unpaired) electrons. The van der Waals surface area contributed by atoms with Crippen LogP contribution in [0.1, 0.15) is 11.1 Å². The highest BCUT2D eigenvalue weighted by molar-refractivity contribution is 5.95. The van der Waals surface area contributed by atoms with Crippen LogP contribution < -0.4 is 0 Å². The Morgan fingerprint density at radius 2 is 1.52 bits per heavy atom. The molecule has 0 saturated carbocycles. The van der Waals surface area contributed by atoms with Gasteiger partial charge < -0.3 is 4.57 Å². The second-order valence-corrected chi connectivity index (χ2v) is 7.33. The molecule has 0 bridgehead atoms. The first-order valence-electron chi connectivity index (χ1n) is 9.85. The summed E-state index contributed by atoms with van der Waals surface area (Å²) in [6.45, 7) is 0.352. The molecule has 0 saturated heterocycles. The topological polar surface area (TPSA) is 22.8 Å². The first-order chi connectivity index (χ1) is 15.0. The fraction of sp³-hybridized carbons (Fsp3) is 0.0800. The van der Waals surface area contributed by atoms with Crippen molar-refractivity contribution in [3.8, 4) is 16.9 Å². The molecule has 0 spiro atoms. The molecule has 0 aliphatic heterocycles. The molecule has 0 atom stereocenters. The van der Waals surface area contributed by atoms with E-state index < -0.39 is 11.7 Å². The SMILES string of the molecule is FC(F)(F)c1cccc2c(-c3ccccc3)n(Cc3cccc(-n4cccc4)c3)nc12. The molecule has 6 heteroatoms. The molecule has 3 nitrogen and oxygen atoms in total. The summed E-state index contributed by atoms with van der Waals surface area (Å²) in [6.07, 6.45) is -0.570. The first kappa shape index (κ1) is 19.2. The highest BCUT2D eigenvalue weighted by atomic mass is 19.4. The third-order valence-corrected chi connectivity index (χ3v) is 5.27. The average molecular weight is 417 g/mol. The van der Waals surface area contributed by atoms with Gasteiger partial charge in [0.2, 0.25) is 0 Å². The Hall–Kier alpha value is -3.80. The van der Waals surface area contributed by atoms with Crippen molar-refractivity contribution < 1.29 is 13.2 Å². The lowest BCUT2D eigenvalue weighted by Gasteiger charge is -2.10. The number of halogens is 3. The summed E-state index contributed by atoms with van der Waals surface area (Å²) in [5.41, 5.74) is 2.68. The predicted octanol–water partition coefficient (Wildman–Crippen LogP) is 6.56. The Labute approximate surface area is 177 Å². The summed E-state index contributed by atoms with van der Waals surface area (Å²) >= 11 is 0. The minimum absolute atomic E-state index is 0.0320. The maximum Gasteiger partial charge on any atom is 0.418 e. The summed E-state index contributed by atoms with van der Waals surface area (Å²) in [6, 6.07) is 25.4. The number of nitrogens with zero attached hydrogens (tertiary/aromatic N) is 3. The van der Waals surface area contributed by atoms with Gasteiger partial charge in [0.05, 0.1) is 17.8 Å². The fourth-order valence-electron chi connectivity index (χ4n) is 3.89. The average Bonchev–Trinajstić information content (AvgIpc) is 3.41. The highest BCUT2D eigenvalue weighted by Crippen LogP contribution is 2.38. The lowest BCUT2D eigenvalue weighted by Crippen LogP contribution is -2.07. The number of benzene rings is 3. The Kier molecular flexibility index (Phi) is 4.62. The van der Waals surface area contributed by atoms with Crippen molar-refractivity contribution in [2.24, 2.45) is 0 Å². The van der Waals surface area contributed by atoms with Crippen molar-refractivity contribution in [3.63, 3.8) is 0 Å². The number of fused-ring (bicyclic) bond motifs is 1. The van der Waals surface area contributed by atoms with Gasteiger partial charge in [-0.3, -0.25) is 4.68 Å². The summed E-state index contributed by atoms with van der Waals surface area (Å²) in [5.74, 6) is 0. The van der Waals surface area contributed by atoms with E-state index in [1.165, 1.54) is 6.07 Å². The molecule has 2 heterocycles. The van der Waals surface area contributed by atoms with Crippen LogP contribution in [0, 0.1) is 0 Å². The second-order valence-electron chi connectivity index (χ2n) is 7.33. The van der Waals surface area contributed by atoms with Gasteiger partial charge in [0.15, 0.2) is 0 Å². The smallest absolute Gasteiger partial charge is 0.324 e. The summed E-state index contributed by atoms with van der Waals surface area (Å²) < 4.78 is 44.6. The van der Waals surface area contributed by atoms with Gasteiger partial charge in [0.25, 0.3) is 0 Å². The fourth-order valence-corrected chi connectivity index (χ4v) is 3.89. The Bertz CT molecular complexity index is 1330. The van der Waals surface area contributed by atoms with Crippen LogP contribution in [0.3, 0.4) is 0 Å². The molecule has 0 unspecified atom stereocenters. The molecule has 0 N–H and O–H groups in total. The van der Waals surface area contributed by atoms with Crippen LogP contribution in [0.15, 0.2) is 97.3 Å². The van der Waals surface area contributed by atoms with Gasteiger partial charge >= 0.3 is 6.18 Å². The molecule has 154 valence electrons. The number of hydrogen-bond donors (Lipinski definition) is 0.